The zero-order valence-electron chi connectivity index (χ0n) is 11.8. The second kappa shape index (κ2) is 8.90. The third-order valence-electron chi connectivity index (χ3n) is 3.00. The number of esters is 1. The van der Waals surface area contributed by atoms with E-state index in [1.807, 2.05) is 0 Å². The number of carbonyl (C=O) groups is 1. The van der Waals surface area contributed by atoms with E-state index in [9.17, 15) is 4.79 Å². The van der Waals surface area contributed by atoms with Gasteiger partial charge in [0.25, 0.3) is 0 Å². The maximum Gasteiger partial charge on any atom is 0.327 e. The average Bonchev–Trinajstić information content (AvgIpc) is 2.86. The maximum absolute atomic E-state index is 11.2. The molecule has 1 heterocycles. The highest BCUT2D eigenvalue weighted by Crippen LogP contribution is 2.23. The largest absolute Gasteiger partial charge is 0.468 e. The van der Waals surface area contributed by atoms with Crippen LogP contribution >= 0.6 is 11.8 Å². The summed E-state index contributed by atoms with van der Waals surface area (Å²) in [4.78, 5) is 11.2. The minimum Gasteiger partial charge on any atom is -0.468 e. The summed E-state index contributed by atoms with van der Waals surface area (Å²) < 4.78 is 6.10. The summed E-state index contributed by atoms with van der Waals surface area (Å²) in [7, 11) is 1.36. The van der Waals surface area contributed by atoms with Crippen LogP contribution in [-0.4, -0.2) is 39.0 Å². The summed E-state index contributed by atoms with van der Waals surface area (Å²) >= 11 is 1.61. The van der Waals surface area contributed by atoms with Gasteiger partial charge in [0.1, 0.15) is 6.54 Å². The van der Waals surface area contributed by atoms with Gasteiger partial charge in [0, 0.05) is 5.75 Å². The number of nitrogens with zero attached hydrogens (tertiary/aromatic N) is 4. The molecule has 1 atom stereocenters. The lowest BCUT2D eigenvalue weighted by atomic mass is 10.0. The monoisotopic (exact) mass is 286 g/mol. The van der Waals surface area contributed by atoms with Crippen LogP contribution in [0, 0.1) is 5.92 Å². The second-order valence-corrected chi connectivity index (χ2v) is 5.41. The average molecular weight is 286 g/mol. The van der Waals surface area contributed by atoms with Crippen LogP contribution < -0.4 is 0 Å². The van der Waals surface area contributed by atoms with Gasteiger partial charge in [-0.15, -0.1) is 5.10 Å². The van der Waals surface area contributed by atoms with Crippen LogP contribution in [0.25, 0.3) is 0 Å². The topological polar surface area (TPSA) is 69.9 Å². The van der Waals surface area contributed by atoms with Crippen molar-refractivity contribution < 1.29 is 9.53 Å². The van der Waals surface area contributed by atoms with Crippen LogP contribution in [0.4, 0.5) is 0 Å². The number of unbranched alkanes of at least 4 members (excludes halogenated alkanes) is 1. The zero-order chi connectivity index (χ0) is 14.1. The lowest BCUT2D eigenvalue weighted by Crippen LogP contribution is -2.14. The van der Waals surface area contributed by atoms with E-state index >= 15 is 0 Å². The smallest absolute Gasteiger partial charge is 0.327 e. The SMILES string of the molecule is CCCCC(CC)CSc1nnnn1CC(=O)OC. The van der Waals surface area contributed by atoms with Crippen LogP contribution in [0.15, 0.2) is 5.16 Å². The summed E-state index contributed by atoms with van der Waals surface area (Å²) in [5.41, 5.74) is 0. The Morgan fingerprint density at radius 2 is 2.26 bits per heavy atom. The molecule has 0 N–H and O–H groups in total. The number of rotatable bonds is 9. The van der Waals surface area contributed by atoms with Gasteiger partial charge in [0.2, 0.25) is 5.16 Å². The first-order chi connectivity index (χ1) is 9.21. The number of hydrogen-bond donors (Lipinski definition) is 0. The second-order valence-electron chi connectivity index (χ2n) is 4.42. The lowest BCUT2D eigenvalue weighted by molar-refractivity contribution is -0.141. The Hall–Kier alpha value is -1.11. The van der Waals surface area contributed by atoms with Crippen LogP contribution in [0.2, 0.25) is 0 Å². The quantitative estimate of drug-likeness (QED) is 0.512. The van der Waals surface area contributed by atoms with Crippen molar-refractivity contribution in [2.24, 2.45) is 5.92 Å². The number of carbonyl (C=O) groups excluding carboxylic acids is 1. The van der Waals surface area contributed by atoms with Crippen LogP contribution in [-0.2, 0) is 16.1 Å². The Morgan fingerprint density at radius 3 is 2.89 bits per heavy atom. The molecule has 0 aliphatic carbocycles. The van der Waals surface area contributed by atoms with Gasteiger partial charge >= 0.3 is 5.97 Å². The Balaban J connectivity index is 2.48. The molecule has 0 aromatic carbocycles. The van der Waals surface area contributed by atoms with Crippen molar-refractivity contribution in [1.82, 2.24) is 20.2 Å². The third-order valence-corrected chi connectivity index (χ3v) is 4.19. The van der Waals surface area contributed by atoms with E-state index in [0.717, 1.165) is 12.2 Å². The Labute approximate surface area is 118 Å². The molecule has 0 aliphatic heterocycles. The summed E-state index contributed by atoms with van der Waals surface area (Å²) in [6.07, 6.45) is 4.87. The van der Waals surface area contributed by atoms with E-state index < -0.39 is 0 Å². The van der Waals surface area contributed by atoms with Gasteiger partial charge in [0.05, 0.1) is 7.11 Å². The van der Waals surface area contributed by atoms with Gasteiger partial charge in [-0.3, -0.25) is 4.79 Å². The minimum atomic E-state index is -0.341. The molecule has 0 saturated carbocycles. The molecule has 1 aromatic rings. The summed E-state index contributed by atoms with van der Waals surface area (Å²) in [5.74, 6) is 1.32. The molecule has 0 amide bonds. The highest BCUT2D eigenvalue weighted by molar-refractivity contribution is 7.99. The number of methoxy groups -OCH3 is 1. The number of tetrazole rings is 1. The Bertz CT molecular complexity index is 384. The van der Waals surface area contributed by atoms with Gasteiger partial charge in [-0.05, 0) is 22.8 Å². The molecule has 0 aliphatic rings. The molecule has 1 aromatic heterocycles. The molecular formula is C12H22N4O2S. The van der Waals surface area contributed by atoms with Crippen molar-refractivity contribution in [3.63, 3.8) is 0 Å². The number of hydrogen-bond acceptors (Lipinski definition) is 6. The van der Waals surface area contributed by atoms with E-state index in [2.05, 4.69) is 34.1 Å². The van der Waals surface area contributed by atoms with E-state index in [0.29, 0.717) is 11.1 Å². The molecule has 0 bridgehead atoms. The maximum atomic E-state index is 11.2. The molecule has 0 radical (unpaired) electrons. The zero-order valence-corrected chi connectivity index (χ0v) is 12.7. The predicted molar refractivity (Wildman–Crippen MR) is 73.9 cm³/mol. The van der Waals surface area contributed by atoms with Crippen LogP contribution in [0.5, 0.6) is 0 Å². The summed E-state index contributed by atoms with van der Waals surface area (Å²) in [6, 6.07) is 0. The van der Waals surface area contributed by atoms with E-state index in [1.54, 1.807) is 11.8 Å². The van der Waals surface area contributed by atoms with Crippen LogP contribution in [0.3, 0.4) is 0 Å². The van der Waals surface area contributed by atoms with Crippen molar-refractivity contribution in [3.05, 3.63) is 0 Å². The van der Waals surface area contributed by atoms with Gasteiger partial charge < -0.3 is 4.74 Å². The van der Waals surface area contributed by atoms with Gasteiger partial charge in [-0.2, -0.15) is 0 Å². The third kappa shape index (κ3) is 5.59. The molecule has 0 fully saturated rings. The van der Waals surface area contributed by atoms with Crippen molar-refractivity contribution in [2.45, 2.75) is 51.2 Å². The number of thioether (sulfide) groups is 1. The summed E-state index contributed by atoms with van der Waals surface area (Å²) in [5, 5.41) is 12.0. The van der Waals surface area contributed by atoms with E-state index in [4.69, 9.17) is 0 Å². The first-order valence-corrected chi connectivity index (χ1v) is 7.65. The highest BCUT2D eigenvalue weighted by Gasteiger charge is 2.13. The number of aromatic nitrogens is 4. The molecule has 0 spiro atoms. The van der Waals surface area contributed by atoms with Gasteiger partial charge in [-0.25, -0.2) is 4.68 Å². The van der Waals surface area contributed by atoms with Crippen molar-refractivity contribution in [3.8, 4) is 0 Å². The molecule has 108 valence electrons. The van der Waals surface area contributed by atoms with Crippen molar-refractivity contribution >= 4 is 17.7 Å². The molecule has 7 heteroatoms. The normalized spacial score (nSPS) is 12.4. The van der Waals surface area contributed by atoms with Gasteiger partial charge in [0.15, 0.2) is 0 Å². The van der Waals surface area contributed by atoms with E-state index in [1.165, 1.54) is 31.1 Å². The van der Waals surface area contributed by atoms with Gasteiger partial charge in [-0.1, -0.05) is 44.9 Å². The highest BCUT2D eigenvalue weighted by atomic mass is 32.2. The number of ether oxygens (including phenoxy) is 1. The fraction of sp³-hybridized carbons (Fsp3) is 0.833. The summed E-state index contributed by atoms with van der Waals surface area (Å²) in [6.45, 7) is 4.48. The molecule has 1 unspecified atom stereocenters. The van der Waals surface area contributed by atoms with E-state index in [-0.39, 0.29) is 12.5 Å². The van der Waals surface area contributed by atoms with Crippen molar-refractivity contribution in [2.75, 3.05) is 12.9 Å². The fourth-order valence-electron chi connectivity index (χ4n) is 1.68. The molecule has 0 saturated heterocycles. The fourth-order valence-corrected chi connectivity index (χ4v) is 2.81. The minimum absolute atomic E-state index is 0.0670. The first-order valence-electron chi connectivity index (χ1n) is 6.67. The standard InChI is InChI=1S/C12H22N4O2S/c1-4-6-7-10(5-2)9-19-12-13-14-15-16(12)8-11(17)18-3/h10H,4-9H2,1-3H3. The first kappa shape index (κ1) is 15.9. The Kier molecular flexibility index (Phi) is 7.47. The molecule has 6 nitrogen and oxygen atoms in total. The lowest BCUT2D eigenvalue weighted by Gasteiger charge is -2.13. The molecule has 19 heavy (non-hydrogen) atoms. The Morgan fingerprint density at radius 1 is 1.47 bits per heavy atom. The molecule has 1 rings (SSSR count). The molecular weight excluding hydrogens is 264 g/mol. The van der Waals surface area contributed by atoms with Crippen molar-refractivity contribution in [1.29, 1.82) is 0 Å². The van der Waals surface area contributed by atoms with Crippen LogP contribution in [0.1, 0.15) is 39.5 Å². The predicted octanol–water partition coefficient (Wildman–Crippen LogP) is 2.15.